The third-order valence-electron chi connectivity index (χ3n) is 6.03. The Labute approximate surface area is 167 Å². The summed E-state index contributed by atoms with van der Waals surface area (Å²) in [7, 11) is 3.69. The van der Waals surface area contributed by atoms with Crippen LogP contribution in [-0.2, 0) is 11.3 Å². The van der Waals surface area contributed by atoms with Gasteiger partial charge in [-0.05, 0) is 62.0 Å². The van der Waals surface area contributed by atoms with Crippen molar-refractivity contribution in [3.63, 3.8) is 0 Å². The first kappa shape index (κ1) is 19.4. The average Bonchev–Trinajstić information content (AvgIpc) is 2.71. The summed E-state index contributed by atoms with van der Waals surface area (Å²) < 4.78 is 11.3. The molecule has 1 aromatic heterocycles. The van der Waals surface area contributed by atoms with E-state index in [4.69, 9.17) is 14.5 Å². The molecule has 0 radical (unpaired) electrons. The van der Waals surface area contributed by atoms with E-state index in [-0.39, 0.29) is 0 Å². The smallest absolute Gasteiger partial charge is 0.126 e. The van der Waals surface area contributed by atoms with Crippen LogP contribution in [0.5, 0.6) is 5.75 Å². The molecule has 152 valence electrons. The Morgan fingerprint density at radius 3 is 2.71 bits per heavy atom. The molecule has 2 N–H and O–H groups in total. The first-order valence-corrected chi connectivity index (χ1v) is 10.5. The van der Waals surface area contributed by atoms with Crippen LogP contribution in [0.2, 0.25) is 0 Å². The Hall–Kier alpha value is -1.89. The Morgan fingerprint density at radius 2 is 2.04 bits per heavy atom. The lowest BCUT2D eigenvalue weighted by atomic mass is 9.88. The van der Waals surface area contributed by atoms with Crippen LogP contribution in [-0.4, -0.2) is 63.4 Å². The highest BCUT2D eigenvalue weighted by Gasteiger charge is 2.21. The van der Waals surface area contributed by atoms with Gasteiger partial charge in [0.25, 0.3) is 0 Å². The third-order valence-corrected chi connectivity index (χ3v) is 6.03. The fourth-order valence-electron chi connectivity index (χ4n) is 4.19. The van der Waals surface area contributed by atoms with Gasteiger partial charge in [0, 0.05) is 50.8 Å². The van der Waals surface area contributed by atoms with E-state index in [0.717, 1.165) is 68.3 Å². The van der Waals surface area contributed by atoms with Crippen LogP contribution in [0.4, 0.5) is 5.82 Å². The number of anilines is 1. The van der Waals surface area contributed by atoms with Crippen molar-refractivity contribution < 1.29 is 9.47 Å². The minimum absolute atomic E-state index is 0.511. The van der Waals surface area contributed by atoms with Crippen LogP contribution in [0.3, 0.4) is 0 Å². The lowest BCUT2D eigenvalue weighted by Gasteiger charge is -2.30. The molecule has 0 aliphatic carbocycles. The van der Waals surface area contributed by atoms with Gasteiger partial charge < -0.3 is 25.0 Å². The van der Waals surface area contributed by atoms with Crippen LogP contribution >= 0.6 is 0 Å². The number of ether oxygens (including phenoxy) is 2. The molecule has 0 bridgehead atoms. The highest BCUT2D eigenvalue weighted by atomic mass is 16.5. The summed E-state index contributed by atoms with van der Waals surface area (Å²) in [5.41, 5.74) is 3.55. The van der Waals surface area contributed by atoms with E-state index in [1.807, 2.05) is 7.05 Å². The molecule has 2 saturated heterocycles. The molecule has 0 unspecified atom stereocenters. The van der Waals surface area contributed by atoms with Gasteiger partial charge in [0.05, 0.1) is 12.6 Å². The van der Waals surface area contributed by atoms with Crippen molar-refractivity contribution in [2.24, 2.45) is 0 Å². The van der Waals surface area contributed by atoms with Gasteiger partial charge in [-0.1, -0.05) is 0 Å². The largest absolute Gasteiger partial charge is 0.496 e. The van der Waals surface area contributed by atoms with Gasteiger partial charge in [-0.3, -0.25) is 0 Å². The minimum Gasteiger partial charge on any atom is -0.496 e. The molecule has 0 atom stereocenters. The molecule has 3 heterocycles. The maximum Gasteiger partial charge on any atom is 0.126 e. The number of fused-ring (bicyclic) bond motifs is 1. The van der Waals surface area contributed by atoms with Crippen LogP contribution < -0.4 is 15.4 Å². The molecule has 2 aromatic rings. The van der Waals surface area contributed by atoms with Gasteiger partial charge in [-0.15, -0.1) is 0 Å². The van der Waals surface area contributed by atoms with Gasteiger partial charge >= 0.3 is 0 Å². The maximum absolute atomic E-state index is 5.74. The van der Waals surface area contributed by atoms with Gasteiger partial charge in [0.2, 0.25) is 0 Å². The number of nitrogens with zero attached hydrogens (tertiary/aromatic N) is 2. The zero-order valence-electron chi connectivity index (χ0n) is 17.1. The number of benzene rings is 1. The number of hydrogen-bond acceptors (Lipinski definition) is 6. The van der Waals surface area contributed by atoms with Crippen molar-refractivity contribution in [3.8, 4) is 5.75 Å². The standard InChI is InChI=1S/C22H32N4O2/c1-23-22-14-18(16-4-10-28-11-5-16)19-13-21(27-2)17(12-20(19)25-22)15-24-6-9-26-7-3-8-26/h12-14,16,24H,3-11,15H2,1-2H3,(H,23,25). The normalized spacial score (nSPS) is 18.2. The van der Waals surface area contributed by atoms with E-state index in [0.29, 0.717) is 5.92 Å². The van der Waals surface area contributed by atoms with E-state index in [1.54, 1.807) is 7.11 Å². The second-order valence-corrected chi connectivity index (χ2v) is 7.79. The molecule has 4 rings (SSSR count). The van der Waals surface area contributed by atoms with Crippen LogP contribution in [0, 0.1) is 0 Å². The highest BCUT2D eigenvalue weighted by Crippen LogP contribution is 2.36. The quantitative estimate of drug-likeness (QED) is 0.683. The van der Waals surface area contributed by atoms with E-state index in [1.165, 1.54) is 30.5 Å². The molecule has 0 amide bonds. The molecular formula is C22H32N4O2. The summed E-state index contributed by atoms with van der Waals surface area (Å²) in [6.07, 6.45) is 3.46. The number of nitrogens with one attached hydrogen (secondary N) is 2. The molecule has 28 heavy (non-hydrogen) atoms. The van der Waals surface area contributed by atoms with E-state index >= 15 is 0 Å². The van der Waals surface area contributed by atoms with Crippen LogP contribution in [0.15, 0.2) is 18.2 Å². The Morgan fingerprint density at radius 1 is 1.21 bits per heavy atom. The van der Waals surface area contributed by atoms with Crippen LogP contribution in [0.25, 0.3) is 10.9 Å². The monoisotopic (exact) mass is 384 g/mol. The molecule has 1 aromatic carbocycles. The summed E-state index contributed by atoms with van der Waals surface area (Å²) in [5.74, 6) is 2.38. The third kappa shape index (κ3) is 4.24. The highest BCUT2D eigenvalue weighted by molar-refractivity contribution is 5.87. The topological polar surface area (TPSA) is 58.6 Å². The summed E-state index contributed by atoms with van der Waals surface area (Å²) in [6, 6.07) is 6.57. The molecule has 2 aliphatic heterocycles. The molecule has 0 saturated carbocycles. The van der Waals surface area contributed by atoms with Gasteiger partial charge in [0.15, 0.2) is 0 Å². The summed E-state index contributed by atoms with van der Waals surface area (Å²) in [6.45, 7) is 7.06. The molecule has 2 aliphatic rings. The summed E-state index contributed by atoms with van der Waals surface area (Å²) >= 11 is 0. The van der Waals surface area contributed by atoms with Gasteiger partial charge in [-0.25, -0.2) is 4.98 Å². The molecule has 6 nitrogen and oxygen atoms in total. The first-order chi connectivity index (χ1) is 13.8. The molecule has 0 spiro atoms. The van der Waals surface area contributed by atoms with Crippen molar-refractivity contribution >= 4 is 16.7 Å². The van der Waals surface area contributed by atoms with Crippen molar-refractivity contribution in [2.45, 2.75) is 31.7 Å². The van der Waals surface area contributed by atoms with E-state index < -0.39 is 0 Å². The average molecular weight is 385 g/mol. The molecule has 6 heteroatoms. The lowest BCUT2D eigenvalue weighted by molar-refractivity contribution is 0.0856. The lowest BCUT2D eigenvalue weighted by Crippen LogP contribution is -2.41. The zero-order chi connectivity index (χ0) is 19.3. The van der Waals surface area contributed by atoms with Crippen molar-refractivity contribution in [1.82, 2.24) is 15.2 Å². The summed E-state index contributed by atoms with van der Waals surface area (Å²) in [5, 5.41) is 8.00. The number of hydrogen-bond donors (Lipinski definition) is 2. The number of aromatic nitrogens is 1. The fourth-order valence-corrected chi connectivity index (χ4v) is 4.19. The fraction of sp³-hybridized carbons (Fsp3) is 0.591. The Balaban J connectivity index is 1.59. The number of methoxy groups -OCH3 is 1. The Kier molecular flexibility index (Phi) is 6.29. The van der Waals surface area contributed by atoms with Gasteiger partial charge in [-0.2, -0.15) is 0 Å². The maximum atomic E-state index is 5.74. The second-order valence-electron chi connectivity index (χ2n) is 7.79. The van der Waals surface area contributed by atoms with Crippen LogP contribution in [0.1, 0.15) is 36.3 Å². The van der Waals surface area contributed by atoms with E-state index in [9.17, 15) is 0 Å². The Bertz CT molecular complexity index is 801. The second kappa shape index (κ2) is 9.07. The summed E-state index contributed by atoms with van der Waals surface area (Å²) in [4.78, 5) is 7.31. The molecule has 2 fully saturated rings. The van der Waals surface area contributed by atoms with Crippen molar-refractivity contribution in [2.75, 3.05) is 58.9 Å². The number of rotatable bonds is 8. The SMILES string of the molecule is CNc1cc(C2CCOCC2)c2cc(OC)c(CNCCN3CCC3)cc2n1. The predicted octanol–water partition coefficient (Wildman–Crippen LogP) is 2.97. The minimum atomic E-state index is 0.511. The van der Waals surface area contributed by atoms with E-state index in [2.05, 4.69) is 33.7 Å². The number of pyridine rings is 1. The first-order valence-electron chi connectivity index (χ1n) is 10.5. The van der Waals surface area contributed by atoms with Crippen molar-refractivity contribution in [3.05, 3.63) is 29.3 Å². The van der Waals surface area contributed by atoms with Crippen molar-refractivity contribution in [1.29, 1.82) is 0 Å². The zero-order valence-corrected chi connectivity index (χ0v) is 17.1. The number of likely N-dealkylation sites (tertiary alicyclic amines) is 1. The predicted molar refractivity (Wildman–Crippen MR) is 113 cm³/mol. The van der Waals surface area contributed by atoms with Gasteiger partial charge in [0.1, 0.15) is 11.6 Å². The molecular weight excluding hydrogens is 352 g/mol.